The van der Waals surface area contributed by atoms with Crippen LogP contribution >= 0.6 is 0 Å². The zero-order valence-corrected chi connectivity index (χ0v) is 11.8. The lowest BCUT2D eigenvalue weighted by Gasteiger charge is -2.10. The zero-order valence-electron chi connectivity index (χ0n) is 11.8. The Morgan fingerprint density at radius 1 is 1.10 bits per heavy atom. The fourth-order valence-electron chi connectivity index (χ4n) is 2.06. The van der Waals surface area contributed by atoms with Crippen molar-refractivity contribution >= 4 is 11.6 Å². The van der Waals surface area contributed by atoms with Gasteiger partial charge >= 0.3 is 0 Å². The van der Waals surface area contributed by atoms with Crippen LogP contribution < -0.4 is 5.32 Å². The second-order valence-corrected chi connectivity index (χ2v) is 4.59. The SMILES string of the molecule is CCc1ccccc1NC(=O)c1ccc(COC)cc1. The average Bonchev–Trinajstić information content (AvgIpc) is 2.49. The molecular weight excluding hydrogens is 250 g/mol. The Bertz CT molecular complexity index is 576. The summed E-state index contributed by atoms with van der Waals surface area (Å²) in [4.78, 5) is 12.2. The molecule has 1 N–H and O–H groups in total. The van der Waals surface area contributed by atoms with Gasteiger partial charge in [-0.25, -0.2) is 0 Å². The van der Waals surface area contributed by atoms with Crippen molar-refractivity contribution in [2.75, 3.05) is 12.4 Å². The summed E-state index contributed by atoms with van der Waals surface area (Å²) < 4.78 is 5.05. The Balaban J connectivity index is 2.11. The number of carbonyl (C=O) groups is 1. The molecule has 0 aromatic heterocycles. The third-order valence-corrected chi connectivity index (χ3v) is 3.17. The van der Waals surface area contributed by atoms with Gasteiger partial charge in [-0.3, -0.25) is 4.79 Å². The highest BCUT2D eigenvalue weighted by Gasteiger charge is 2.08. The first-order valence-corrected chi connectivity index (χ1v) is 6.71. The van der Waals surface area contributed by atoms with E-state index < -0.39 is 0 Å². The van der Waals surface area contributed by atoms with Gasteiger partial charge in [0.1, 0.15) is 0 Å². The number of para-hydroxylation sites is 1. The number of methoxy groups -OCH3 is 1. The molecule has 0 bridgehead atoms. The lowest BCUT2D eigenvalue weighted by molar-refractivity contribution is 0.102. The molecule has 0 saturated heterocycles. The second kappa shape index (κ2) is 6.87. The quantitative estimate of drug-likeness (QED) is 0.899. The summed E-state index contributed by atoms with van der Waals surface area (Å²) in [5.74, 6) is -0.0881. The molecular formula is C17H19NO2. The maximum Gasteiger partial charge on any atom is 0.255 e. The van der Waals surface area contributed by atoms with Crippen LogP contribution in [0.1, 0.15) is 28.4 Å². The van der Waals surface area contributed by atoms with Crippen molar-refractivity contribution in [3.8, 4) is 0 Å². The topological polar surface area (TPSA) is 38.3 Å². The van der Waals surface area contributed by atoms with Crippen LogP contribution in [0.15, 0.2) is 48.5 Å². The molecule has 0 unspecified atom stereocenters. The van der Waals surface area contributed by atoms with Crippen LogP contribution in [-0.4, -0.2) is 13.0 Å². The normalized spacial score (nSPS) is 10.3. The van der Waals surface area contributed by atoms with Crippen molar-refractivity contribution in [2.45, 2.75) is 20.0 Å². The van der Waals surface area contributed by atoms with Crippen LogP contribution in [0, 0.1) is 0 Å². The van der Waals surface area contributed by atoms with E-state index in [2.05, 4.69) is 12.2 Å². The number of ether oxygens (including phenoxy) is 1. The predicted molar refractivity (Wildman–Crippen MR) is 80.9 cm³/mol. The summed E-state index contributed by atoms with van der Waals surface area (Å²) in [7, 11) is 1.66. The minimum absolute atomic E-state index is 0.0881. The molecule has 2 rings (SSSR count). The van der Waals surface area contributed by atoms with E-state index in [9.17, 15) is 4.79 Å². The van der Waals surface area contributed by atoms with Crippen LogP contribution in [0.25, 0.3) is 0 Å². The summed E-state index contributed by atoms with van der Waals surface area (Å²) in [6.45, 7) is 2.63. The van der Waals surface area contributed by atoms with Crippen molar-refractivity contribution in [2.24, 2.45) is 0 Å². The molecule has 0 atom stereocenters. The van der Waals surface area contributed by atoms with Gasteiger partial charge in [0.2, 0.25) is 0 Å². The number of hydrogen-bond donors (Lipinski definition) is 1. The van der Waals surface area contributed by atoms with Gasteiger partial charge in [-0.2, -0.15) is 0 Å². The molecule has 0 aliphatic carbocycles. The molecule has 3 heteroatoms. The molecule has 2 aromatic carbocycles. The lowest BCUT2D eigenvalue weighted by Crippen LogP contribution is -2.13. The van der Waals surface area contributed by atoms with Gasteiger partial charge in [0, 0.05) is 18.4 Å². The highest BCUT2D eigenvalue weighted by atomic mass is 16.5. The van der Waals surface area contributed by atoms with Gasteiger partial charge in [0.25, 0.3) is 5.91 Å². The third kappa shape index (κ3) is 3.45. The first-order chi connectivity index (χ1) is 9.74. The van der Waals surface area contributed by atoms with Crippen LogP contribution in [0.4, 0.5) is 5.69 Å². The van der Waals surface area contributed by atoms with Crippen LogP contribution in [0.3, 0.4) is 0 Å². The fourth-order valence-corrected chi connectivity index (χ4v) is 2.06. The van der Waals surface area contributed by atoms with E-state index in [4.69, 9.17) is 4.74 Å². The maximum atomic E-state index is 12.2. The van der Waals surface area contributed by atoms with Crippen molar-refractivity contribution in [3.05, 3.63) is 65.2 Å². The van der Waals surface area contributed by atoms with Gasteiger partial charge in [0.15, 0.2) is 0 Å². The maximum absolute atomic E-state index is 12.2. The molecule has 0 fully saturated rings. The summed E-state index contributed by atoms with van der Waals surface area (Å²) in [5, 5.41) is 2.96. The van der Waals surface area contributed by atoms with E-state index in [-0.39, 0.29) is 5.91 Å². The minimum Gasteiger partial charge on any atom is -0.380 e. The smallest absolute Gasteiger partial charge is 0.255 e. The summed E-state index contributed by atoms with van der Waals surface area (Å²) in [6, 6.07) is 15.3. The number of carbonyl (C=O) groups excluding carboxylic acids is 1. The molecule has 0 spiro atoms. The Morgan fingerprint density at radius 3 is 2.45 bits per heavy atom. The van der Waals surface area contributed by atoms with Crippen LogP contribution in [0.2, 0.25) is 0 Å². The Kier molecular flexibility index (Phi) is 4.91. The molecule has 104 valence electrons. The second-order valence-electron chi connectivity index (χ2n) is 4.59. The summed E-state index contributed by atoms with van der Waals surface area (Å²) in [5.41, 5.74) is 3.71. The first kappa shape index (κ1) is 14.3. The first-order valence-electron chi connectivity index (χ1n) is 6.71. The predicted octanol–water partition coefficient (Wildman–Crippen LogP) is 3.65. The van der Waals surface area contributed by atoms with E-state index in [0.717, 1.165) is 23.2 Å². The average molecular weight is 269 g/mol. The molecule has 0 aliphatic rings. The summed E-state index contributed by atoms with van der Waals surface area (Å²) in [6.07, 6.45) is 0.892. The number of benzene rings is 2. The Hall–Kier alpha value is -2.13. The van der Waals surface area contributed by atoms with Gasteiger partial charge in [-0.15, -0.1) is 0 Å². The molecule has 0 heterocycles. The number of nitrogens with one attached hydrogen (secondary N) is 1. The van der Waals surface area contributed by atoms with Crippen molar-refractivity contribution in [1.82, 2.24) is 0 Å². The molecule has 3 nitrogen and oxygen atoms in total. The number of anilines is 1. The van der Waals surface area contributed by atoms with Gasteiger partial charge in [0.05, 0.1) is 6.61 Å². The zero-order chi connectivity index (χ0) is 14.4. The molecule has 0 radical (unpaired) electrons. The molecule has 0 saturated carbocycles. The van der Waals surface area contributed by atoms with E-state index in [1.807, 2.05) is 48.5 Å². The molecule has 20 heavy (non-hydrogen) atoms. The van der Waals surface area contributed by atoms with Crippen LogP contribution in [0.5, 0.6) is 0 Å². The fraction of sp³-hybridized carbons (Fsp3) is 0.235. The van der Waals surface area contributed by atoms with Gasteiger partial charge < -0.3 is 10.1 Å². The van der Waals surface area contributed by atoms with Crippen LogP contribution in [-0.2, 0) is 17.8 Å². The van der Waals surface area contributed by atoms with Gasteiger partial charge in [-0.05, 0) is 35.7 Å². The van der Waals surface area contributed by atoms with Crippen molar-refractivity contribution < 1.29 is 9.53 Å². The highest BCUT2D eigenvalue weighted by molar-refractivity contribution is 6.04. The minimum atomic E-state index is -0.0881. The number of rotatable bonds is 5. The largest absolute Gasteiger partial charge is 0.380 e. The van der Waals surface area contributed by atoms with Crippen molar-refractivity contribution in [1.29, 1.82) is 0 Å². The Labute approximate surface area is 119 Å². The van der Waals surface area contributed by atoms with Gasteiger partial charge in [-0.1, -0.05) is 37.3 Å². The molecule has 0 aliphatic heterocycles. The molecule has 2 aromatic rings. The summed E-state index contributed by atoms with van der Waals surface area (Å²) >= 11 is 0. The number of hydrogen-bond acceptors (Lipinski definition) is 2. The standard InChI is InChI=1S/C17H19NO2/c1-3-14-6-4-5-7-16(14)18-17(19)15-10-8-13(9-11-15)12-20-2/h4-11H,3,12H2,1-2H3,(H,18,19). The van der Waals surface area contributed by atoms with Crippen molar-refractivity contribution in [3.63, 3.8) is 0 Å². The lowest BCUT2D eigenvalue weighted by atomic mass is 10.1. The highest BCUT2D eigenvalue weighted by Crippen LogP contribution is 2.17. The van der Waals surface area contributed by atoms with E-state index in [1.165, 1.54) is 0 Å². The monoisotopic (exact) mass is 269 g/mol. The molecule has 1 amide bonds. The number of amides is 1. The van der Waals surface area contributed by atoms with E-state index >= 15 is 0 Å². The van der Waals surface area contributed by atoms with E-state index in [1.54, 1.807) is 7.11 Å². The number of aryl methyl sites for hydroxylation is 1. The van der Waals surface area contributed by atoms with E-state index in [0.29, 0.717) is 12.2 Å². The third-order valence-electron chi connectivity index (χ3n) is 3.17. The Morgan fingerprint density at radius 2 is 1.80 bits per heavy atom.